The number of carbonyl (C=O) groups is 3. The van der Waals surface area contributed by atoms with E-state index in [9.17, 15) is 14.4 Å². The minimum absolute atomic E-state index is 0.211. The molecule has 0 aromatic heterocycles. The summed E-state index contributed by atoms with van der Waals surface area (Å²) in [6.45, 7) is 7.88. The zero-order chi connectivity index (χ0) is 23.0. The van der Waals surface area contributed by atoms with E-state index < -0.39 is 29.4 Å². The zero-order valence-corrected chi connectivity index (χ0v) is 19.1. The van der Waals surface area contributed by atoms with Gasteiger partial charge in [-0.05, 0) is 44.9 Å². The Morgan fingerprint density at radius 3 is 2.12 bits per heavy atom. The monoisotopic (exact) mass is 434 g/mol. The SMILES string of the molecule is CCC[C@]1(C(=O)OCC)N[C@H](c2ccc(C)cc2)[C@@H]2C(=O)N(c3ccc(C)cc3)C(=O)[C@@H]21. The van der Waals surface area contributed by atoms with Crippen LogP contribution in [0, 0.1) is 25.7 Å². The molecule has 0 bridgehead atoms. The molecule has 6 nitrogen and oxygen atoms in total. The lowest BCUT2D eigenvalue weighted by Gasteiger charge is -2.32. The Morgan fingerprint density at radius 1 is 0.969 bits per heavy atom. The topological polar surface area (TPSA) is 75.7 Å². The number of fused-ring (bicyclic) bond motifs is 1. The standard InChI is InChI=1S/C26H30N2O4/c1-5-15-26(25(31)32-6-2)21-20(22(27-26)18-11-7-16(3)8-12-18)23(29)28(24(21)30)19-13-9-17(4)10-14-19/h7-14,20-22,27H,5-6,15H2,1-4H3/t20-,21-,22-,26+/m1/s1. The summed E-state index contributed by atoms with van der Waals surface area (Å²) in [7, 11) is 0. The fourth-order valence-corrected chi connectivity index (χ4v) is 5.18. The van der Waals surface area contributed by atoms with E-state index in [1.54, 1.807) is 19.1 Å². The number of carbonyl (C=O) groups excluding carboxylic acids is 3. The number of benzene rings is 2. The van der Waals surface area contributed by atoms with E-state index in [0.717, 1.165) is 16.7 Å². The predicted molar refractivity (Wildman–Crippen MR) is 122 cm³/mol. The van der Waals surface area contributed by atoms with Crippen molar-refractivity contribution < 1.29 is 19.1 Å². The van der Waals surface area contributed by atoms with Crippen molar-refractivity contribution in [1.82, 2.24) is 5.32 Å². The fourth-order valence-electron chi connectivity index (χ4n) is 5.18. The van der Waals surface area contributed by atoms with Gasteiger partial charge in [0.2, 0.25) is 11.8 Å². The quantitative estimate of drug-likeness (QED) is 0.552. The molecule has 2 amide bonds. The lowest BCUT2D eigenvalue weighted by molar-refractivity contribution is -0.155. The van der Waals surface area contributed by atoms with Crippen LogP contribution in [0.1, 0.15) is 49.4 Å². The maximum absolute atomic E-state index is 13.8. The van der Waals surface area contributed by atoms with Crippen LogP contribution >= 0.6 is 0 Å². The molecule has 0 aliphatic carbocycles. The first kappa shape index (κ1) is 22.2. The van der Waals surface area contributed by atoms with Crippen LogP contribution in [0.25, 0.3) is 0 Å². The van der Waals surface area contributed by atoms with Crippen molar-refractivity contribution in [2.24, 2.45) is 11.8 Å². The molecule has 0 unspecified atom stereocenters. The molecular weight excluding hydrogens is 404 g/mol. The fraction of sp³-hybridized carbons (Fsp3) is 0.423. The van der Waals surface area contributed by atoms with E-state index in [1.165, 1.54) is 4.90 Å². The van der Waals surface area contributed by atoms with Crippen molar-refractivity contribution in [2.75, 3.05) is 11.5 Å². The number of esters is 1. The summed E-state index contributed by atoms with van der Waals surface area (Å²) in [6, 6.07) is 14.8. The maximum atomic E-state index is 13.8. The molecule has 0 spiro atoms. The largest absolute Gasteiger partial charge is 0.465 e. The number of imide groups is 1. The molecule has 2 aliphatic rings. The van der Waals surface area contributed by atoms with Crippen LogP contribution in [0.15, 0.2) is 48.5 Å². The second-order valence-electron chi connectivity index (χ2n) is 8.83. The first-order valence-corrected chi connectivity index (χ1v) is 11.3. The summed E-state index contributed by atoms with van der Waals surface area (Å²) >= 11 is 0. The van der Waals surface area contributed by atoms with Gasteiger partial charge in [0.05, 0.1) is 24.1 Å². The molecule has 2 aromatic carbocycles. The second kappa shape index (κ2) is 8.51. The van der Waals surface area contributed by atoms with Gasteiger partial charge in [0.1, 0.15) is 5.54 Å². The highest BCUT2D eigenvalue weighted by atomic mass is 16.5. The zero-order valence-electron chi connectivity index (χ0n) is 19.1. The number of hydrogen-bond donors (Lipinski definition) is 1. The number of amides is 2. The molecule has 4 rings (SSSR count). The summed E-state index contributed by atoms with van der Waals surface area (Å²) < 4.78 is 5.45. The smallest absolute Gasteiger partial charge is 0.327 e. The summed E-state index contributed by atoms with van der Waals surface area (Å²) in [5.74, 6) is -2.57. The van der Waals surface area contributed by atoms with Gasteiger partial charge in [-0.3, -0.25) is 19.7 Å². The van der Waals surface area contributed by atoms with Crippen molar-refractivity contribution in [3.05, 3.63) is 65.2 Å². The minimum atomic E-state index is -1.24. The number of nitrogens with one attached hydrogen (secondary N) is 1. The van der Waals surface area contributed by atoms with Crippen LogP contribution < -0.4 is 10.2 Å². The summed E-state index contributed by atoms with van der Waals surface area (Å²) in [5.41, 5.74) is 2.33. The molecule has 0 radical (unpaired) electrons. The molecule has 4 atom stereocenters. The van der Waals surface area contributed by atoms with E-state index in [2.05, 4.69) is 5.32 Å². The van der Waals surface area contributed by atoms with Crippen LogP contribution in [-0.4, -0.2) is 29.9 Å². The van der Waals surface area contributed by atoms with E-state index in [1.807, 2.05) is 57.2 Å². The minimum Gasteiger partial charge on any atom is -0.465 e. The van der Waals surface area contributed by atoms with Gasteiger partial charge in [0.25, 0.3) is 0 Å². The third-order valence-corrected chi connectivity index (χ3v) is 6.67. The van der Waals surface area contributed by atoms with Gasteiger partial charge in [-0.15, -0.1) is 0 Å². The number of hydrogen-bond acceptors (Lipinski definition) is 5. The molecule has 0 saturated carbocycles. The van der Waals surface area contributed by atoms with Crippen molar-refractivity contribution in [3.8, 4) is 0 Å². The Bertz CT molecular complexity index is 1030. The Labute approximate surface area is 188 Å². The Kier molecular flexibility index (Phi) is 5.91. The van der Waals surface area contributed by atoms with Crippen LogP contribution in [-0.2, 0) is 19.1 Å². The second-order valence-corrected chi connectivity index (χ2v) is 8.83. The molecule has 2 aromatic rings. The maximum Gasteiger partial charge on any atom is 0.327 e. The van der Waals surface area contributed by atoms with E-state index in [-0.39, 0.29) is 18.4 Å². The molecule has 1 N–H and O–H groups in total. The van der Waals surface area contributed by atoms with Crippen molar-refractivity contribution >= 4 is 23.5 Å². The molecule has 2 fully saturated rings. The van der Waals surface area contributed by atoms with Gasteiger partial charge in [-0.2, -0.15) is 0 Å². The Morgan fingerprint density at radius 2 is 1.56 bits per heavy atom. The van der Waals surface area contributed by atoms with Gasteiger partial charge < -0.3 is 4.74 Å². The lowest BCUT2D eigenvalue weighted by atomic mass is 9.77. The van der Waals surface area contributed by atoms with Crippen LogP contribution in [0.4, 0.5) is 5.69 Å². The van der Waals surface area contributed by atoms with Crippen LogP contribution in [0.2, 0.25) is 0 Å². The molecule has 2 heterocycles. The number of nitrogens with zero attached hydrogens (tertiary/aromatic N) is 1. The van der Waals surface area contributed by atoms with E-state index >= 15 is 0 Å². The van der Waals surface area contributed by atoms with Crippen LogP contribution in [0.3, 0.4) is 0 Å². The molecule has 2 aliphatic heterocycles. The molecule has 2 saturated heterocycles. The number of aryl methyl sites for hydroxylation is 2. The van der Waals surface area contributed by atoms with Crippen LogP contribution in [0.5, 0.6) is 0 Å². The average molecular weight is 435 g/mol. The van der Waals surface area contributed by atoms with Crippen molar-refractivity contribution in [3.63, 3.8) is 0 Å². The van der Waals surface area contributed by atoms with E-state index in [0.29, 0.717) is 18.5 Å². The van der Waals surface area contributed by atoms with Gasteiger partial charge in [0, 0.05) is 6.04 Å². The number of anilines is 1. The predicted octanol–water partition coefficient (Wildman–Crippen LogP) is 3.86. The first-order chi connectivity index (χ1) is 15.3. The van der Waals surface area contributed by atoms with Gasteiger partial charge in [-0.25, -0.2) is 4.90 Å². The highest BCUT2D eigenvalue weighted by Crippen LogP contribution is 2.51. The highest BCUT2D eigenvalue weighted by Gasteiger charge is 2.68. The van der Waals surface area contributed by atoms with Gasteiger partial charge >= 0.3 is 5.97 Å². The number of rotatable bonds is 6. The third-order valence-electron chi connectivity index (χ3n) is 6.67. The highest BCUT2D eigenvalue weighted by molar-refractivity contribution is 6.24. The Balaban J connectivity index is 1.85. The van der Waals surface area contributed by atoms with Crippen molar-refractivity contribution in [2.45, 2.75) is 52.1 Å². The van der Waals surface area contributed by atoms with Gasteiger partial charge in [-0.1, -0.05) is 60.9 Å². The normalized spacial score (nSPS) is 27.0. The third kappa shape index (κ3) is 3.43. The van der Waals surface area contributed by atoms with E-state index in [4.69, 9.17) is 4.74 Å². The molecule has 6 heteroatoms. The first-order valence-electron chi connectivity index (χ1n) is 11.3. The van der Waals surface area contributed by atoms with Gasteiger partial charge in [0.15, 0.2) is 0 Å². The molecular formula is C26H30N2O4. The summed E-state index contributed by atoms with van der Waals surface area (Å²) in [5, 5.41) is 3.43. The molecule has 168 valence electrons. The number of ether oxygens (including phenoxy) is 1. The summed E-state index contributed by atoms with van der Waals surface area (Å²) in [6.07, 6.45) is 1.08. The lowest BCUT2D eigenvalue weighted by Crippen LogP contribution is -2.56. The van der Waals surface area contributed by atoms with Crippen molar-refractivity contribution in [1.29, 1.82) is 0 Å². The Hall–Kier alpha value is -2.99. The average Bonchev–Trinajstić information content (AvgIpc) is 3.25. The molecule has 32 heavy (non-hydrogen) atoms. The summed E-state index contributed by atoms with van der Waals surface area (Å²) in [4.78, 5) is 42.1.